The molecule has 6 nitrogen and oxygen atoms in total. The maximum absolute atomic E-state index is 13.1. The summed E-state index contributed by atoms with van der Waals surface area (Å²) < 4.78 is 27.5. The summed E-state index contributed by atoms with van der Waals surface area (Å²) in [6.07, 6.45) is 3.91. The van der Waals surface area contributed by atoms with Gasteiger partial charge in [-0.2, -0.15) is 0 Å². The molecule has 0 amide bonds. The van der Waals surface area contributed by atoms with E-state index in [-0.39, 0.29) is 10.3 Å². The monoisotopic (exact) mass is 494 g/mol. The summed E-state index contributed by atoms with van der Waals surface area (Å²) >= 11 is 0. The van der Waals surface area contributed by atoms with Gasteiger partial charge in [-0.3, -0.25) is 0 Å². The van der Waals surface area contributed by atoms with Crippen LogP contribution in [-0.4, -0.2) is 22.4 Å². The molecule has 0 saturated heterocycles. The number of fused-ring (bicyclic) bond motifs is 2. The predicted molar refractivity (Wildman–Crippen MR) is 145 cm³/mol. The van der Waals surface area contributed by atoms with Crippen LogP contribution in [0.4, 0.5) is 11.5 Å². The van der Waals surface area contributed by atoms with E-state index in [0.29, 0.717) is 11.3 Å². The van der Waals surface area contributed by atoms with Crippen molar-refractivity contribution in [2.24, 2.45) is 5.41 Å². The molecule has 180 valence electrons. The van der Waals surface area contributed by atoms with Gasteiger partial charge in [0, 0.05) is 34.6 Å². The van der Waals surface area contributed by atoms with Gasteiger partial charge < -0.3 is 5.32 Å². The molecule has 0 bridgehead atoms. The number of rotatable bonds is 4. The van der Waals surface area contributed by atoms with Gasteiger partial charge in [-0.25, -0.2) is 22.4 Å². The molecule has 7 heteroatoms. The molecule has 0 atom stereocenters. The second-order valence-corrected chi connectivity index (χ2v) is 11.6. The summed E-state index contributed by atoms with van der Waals surface area (Å²) in [7, 11) is -3.68. The van der Waals surface area contributed by atoms with Gasteiger partial charge in [0.05, 0.1) is 15.9 Å². The highest BCUT2D eigenvalue weighted by molar-refractivity contribution is 7.90. The third-order valence-electron chi connectivity index (χ3n) is 5.70. The van der Waals surface area contributed by atoms with Crippen molar-refractivity contribution in [1.29, 1.82) is 0 Å². The third kappa shape index (κ3) is 4.81. The summed E-state index contributed by atoms with van der Waals surface area (Å²) in [5, 5.41) is 5.03. The van der Waals surface area contributed by atoms with Gasteiger partial charge in [0.25, 0.3) is 10.0 Å². The van der Waals surface area contributed by atoms with Crippen LogP contribution in [0.1, 0.15) is 32.8 Å². The summed E-state index contributed by atoms with van der Waals surface area (Å²) in [4.78, 5) is 9.09. The first-order chi connectivity index (χ1) is 17.2. The van der Waals surface area contributed by atoms with E-state index in [1.807, 2.05) is 30.3 Å². The Balaban J connectivity index is 1.47. The quantitative estimate of drug-likeness (QED) is 0.295. The zero-order valence-corrected chi connectivity index (χ0v) is 21.2. The fourth-order valence-electron chi connectivity index (χ4n) is 3.89. The summed E-state index contributed by atoms with van der Waals surface area (Å²) in [5.74, 6) is 7.17. The molecular weight excluding hydrogens is 468 g/mol. The Hall–Kier alpha value is -4.15. The average molecular weight is 495 g/mol. The predicted octanol–water partition coefficient (Wildman–Crippen LogP) is 6.35. The van der Waals surface area contributed by atoms with E-state index >= 15 is 0 Å². The molecule has 0 fully saturated rings. The van der Waals surface area contributed by atoms with Crippen LogP contribution in [-0.2, 0) is 10.0 Å². The summed E-state index contributed by atoms with van der Waals surface area (Å²) in [6.45, 7) is 6.50. The Labute approximate surface area is 211 Å². The van der Waals surface area contributed by atoms with E-state index in [9.17, 15) is 8.42 Å². The van der Waals surface area contributed by atoms with Gasteiger partial charge in [-0.1, -0.05) is 50.8 Å². The highest BCUT2D eigenvalue weighted by Crippen LogP contribution is 2.28. The normalized spacial score (nSPS) is 11.9. The smallest absolute Gasteiger partial charge is 0.268 e. The molecule has 0 aliphatic carbocycles. The largest absolute Gasteiger partial charge is 0.340 e. The Kier molecular flexibility index (Phi) is 5.99. The highest BCUT2D eigenvalue weighted by Gasteiger charge is 2.18. The lowest BCUT2D eigenvalue weighted by Crippen LogP contribution is -2.11. The van der Waals surface area contributed by atoms with Crippen molar-refractivity contribution in [2.75, 3.05) is 5.32 Å². The van der Waals surface area contributed by atoms with E-state index in [0.717, 1.165) is 34.0 Å². The maximum atomic E-state index is 13.1. The van der Waals surface area contributed by atoms with Crippen LogP contribution in [0, 0.1) is 17.3 Å². The second-order valence-electron chi connectivity index (χ2n) is 9.82. The van der Waals surface area contributed by atoms with Crippen molar-refractivity contribution in [3.8, 4) is 11.8 Å². The first kappa shape index (κ1) is 23.6. The molecule has 0 spiro atoms. The first-order valence-corrected chi connectivity index (χ1v) is 13.1. The van der Waals surface area contributed by atoms with E-state index in [4.69, 9.17) is 0 Å². The molecule has 0 unspecified atom stereocenters. The zero-order chi connectivity index (χ0) is 25.3. The van der Waals surface area contributed by atoms with Crippen LogP contribution in [0.25, 0.3) is 21.8 Å². The Morgan fingerprint density at radius 1 is 0.944 bits per heavy atom. The summed E-state index contributed by atoms with van der Waals surface area (Å²) in [6, 6.07) is 21.7. The molecule has 2 aromatic heterocycles. The number of hydrogen-bond acceptors (Lipinski definition) is 5. The standard InChI is InChI=1S/C29H26N4O2S/c1-29(2,3)16-7-8-21-11-13-26-25(18-21)28(31-20-30-26)32-23-12-14-27-22(19-23)15-17-33(27)36(34,35)24-9-5-4-6-10-24/h4-6,9-15,17-20H,16H2,1-3H3,(H,30,31,32). The fourth-order valence-corrected chi connectivity index (χ4v) is 5.27. The molecule has 36 heavy (non-hydrogen) atoms. The van der Waals surface area contributed by atoms with Gasteiger partial charge in [0.2, 0.25) is 0 Å². The summed E-state index contributed by atoms with van der Waals surface area (Å²) in [5.41, 5.74) is 3.27. The van der Waals surface area contributed by atoms with E-state index in [1.165, 1.54) is 10.3 Å². The fraction of sp³-hybridized carbons (Fsp3) is 0.172. The number of nitrogens with one attached hydrogen (secondary N) is 1. The Morgan fingerprint density at radius 2 is 1.75 bits per heavy atom. The van der Waals surface area contributed by atoms with Crippen molar-refractivity contribution < 1.29 is 8.42 Å². The van der Waals surface area contributed by atoms with Crippen LogP contribution in [0.15, 0.2) is 90.2 Å². The number of benzene rings is 3. The molecule has 5 aromatic rings. The molecule has 3 aromatic carbocycles. The minimum absolute atomic E-state index is 0.150. The lowest BCUT2D eigenvalue weighted by molar-refractivity contribution is 0.428. The molecule has 5 rings (SSSR count). The highest BCUT2D eigenvalue weighted by atomic mass is 32.2. The van der Waals surface area contributed by atoms with Gasteiger partial charge in [-0.05, 0) is 60.0 Å². The minimum atomic E-state index is -3.68. The van der Waals surface area contributed by atoms with Crippen molar-refractivity contribution in [1.82, 2.24) is 13.9 Å². The molecule has 0 aliphatic rings. The topological polar surface area (TPSA) is 76.9 Å². The van der Waals surface area contributed by atoms with Crippen LogP contribution < -0.4 is 5.32 Å². The number of nitrogens with zero attached hydrogens (tertiary/aromatic N) is 3. The van der Waals surface area contributed by atoms with Gasteiger partial charge in [0.15, 0.2) is 0 Å². The Morgan fingerprint density at radius 3 is 2.53 bits per heavy atom. The van der Waals surface area contributed by atoms with Crippen LogP contribution in [0.2, 0.25) is 0 Å². The van der Waals surface area contributed by atoms with E-state index < -0.39 is 10.0 Å². The third-order valence-corrected chi connectivity index (χ3v) is 7.41. The number of hydrogen-bond donors (Lipinski definition) is 1. The number of anilines is 2. The SMILES string of the molecule is CC(C)(C)CC#Cc1ccc2ncnc(Nc3ccc4c(ccn4S(=O)(=O)c4ccccc4)c3)c2c1. The molecule has 0 aliphatic heterocycles. The van der Waals surface area contributed by atoms with Crippen molar-refractivity contribution in [3.63, 3.8) is 0 Å². The zero-order valence-electron chi connectivity index (χ0n) is 20.4. The Bertz CT molecular complexity index is 1740. The van der Waals surface area contributed by atoms with E-state index in [2.05, 4.69) is 47.9 Å². The van der Waals surface area contributed by atoms with Gasteiger partial charge in [-0.15, -0.1) is 0 Å². The lowest BCUT2D eigenvalue weighted by atomic mass is 9.93. The van der Waals surface area contributed by atoms with Crippen LogP contribution in [0.3, 0.4) is 0 Å². The van der Waals surface area contributed by atoms with Crippen molar-refractivity contribution in [3.05, 3.63) is 90.9 Å². The minimum Gasteiger partial charge on any atom is -0.340 e. The van der Waals surface area contributed by atoms with Crippen molar-refractivity contribution in [2.45, 2.75) is 32.1 Å². The van der Waals surface area contributed by atoms with Gasteiger partial charge >= 0.3 is 0 Å². The molecule has 0 radical (unpaired) electrons. The first-order valence-electron chi connectivity index (χ1n) is 11.6. The maximum Gasteiger partial charge on any atom is 0.268 e. The molecular formula is C29H26N4O2S. The van der Waals surface area contributed by atoms with Crippen LogP contribution >= 0.6 is 0 Å². The lowest BCUT2D eigenvalue weighted by Gasteiger charge is -2.12. The molecule has 1 N–H and O–H groups in total. The van der Waals surface area contributed by atoms with Gasteiger partial charge in [0.1, 0.15) is 12.1 Å². The second kappa shape index (κ2) is 9.14. The average Bonchev–Trinajstić information content (AvgIpc) is 3.28. The molecule has 0 saturated carbocycles. The van der Waals surface area contributed by atoms with Crippen molar-refractivity contribution >= 4 is 43.3 Å². The number of aromatic nitrogens is 3. The molecule has 2 heterocycles. The van der Waals surface area contributed by atoms with Crippen LogP contribution in [0.5, 0.6) is 0 Å². The van der Waals surface area contributed by atoms with E-state index in [1.54, 1.807) is 48.7 Å².